The molecule has 0 unspecified atom stereocenters. The summed E-state index contributed by atoms with van der Waals surface area (Å²) in [5.74, 6) is -0.344. The highest BCUT2D eigenvalue weighted by molar-refractivity contribution is 5.95. The van der Waals surface area contributed by atoms with Gasteiger partial charge in [-0.3, -0.25) is 14.3 Å². The molecule has 1 aromatic heterocycles. The summed E-state index contributed by atoms with van der Waals surface area (Å²) in [5.41, 5.74) is 1.92. The van der Waals surface area contributed by atoms with E-state index in [2.05, 4.69) is 10.4 Å². The van der Waals surface area contributed by atoms with Crippen molar-refractivity contribution < 1.29 is 14.7 Å². The smallest absolute Gasteiger partial charge is 0.255 e. The monoisotopic (exact) mass is 356 g/mol. The van der Waals surface area contributed by atoms with Gasteiger partial charge in [0.15, 0.2) is 0 Å². The number of β-amino-alcohol motifs (C(OH)–C–C–N with tert-alkyl or cyclic N) is 1. The first-order valence-corrected chi connectivity index (χ1v) is 8.87. The van der Waals surface area contributed by atoms with Gasteiger partial charge in [-0.05, 0) is 32.4 Å². The fraction of sp³-hybridized carbons (Fsp3) is 0.421. The van der Waals surface area contributed by atoms with Crippen LogP contribution in [0.3, 0.4) is 0 Å². The van der Waals surface area contributed by atoms with E-state index in [9.17, 15) is 14.7 Å². The number of aryl methyl sites for hydroxylation is 1. The molecule has 7 nitrogen and oxygen atoms in total. The Morgan fingerprint density at radius 3 is 2.65 bits per heavy atom. The molecule has 7 heteroatoms. The van der Waals surface area contributed by atoms with Crippen molar-refractivity contribution in [3.63, 3.8) is 0 Å². The number of carbonyl (C=O) groups is 2. The first-order valence-electron chi connectivity index (χ1n) is 8.87. The molecule has 1 aromatic carbocycles. The third-order valence-corrected chi connectivity index (χ3v) is 4.85. The van der Waals surface area contributed by atoms with Crippen LogP contribution >= 0.6 is 0 Å². The van der Waals surface area contributed by atoms with Crippen molar-refractivity contribution in [1.82, 2.24) is 20.0 Å². The zero-order valence-electron chi connectivity index (χ0n) is 15.1. The molecular weight excluding hydrogens is 332 g/mol. The maximum atomic E-state index is 12.5. The maximum Gasteiger partial charge on any atom is 0.255 e. The lowest BCUT2D eigenvalue weighted by molar-refractivity contribution is 0.0314. The molecule has 0 aliphatic carbocycles. The van der Waals surface area contributed by atoms with Crippen molar-refractivity contribution >= 4 is 11.8 Å². The Bertz CT molecular complexity index is 787. The number of hydrogen-bond donors (Lipinski definition) is 2. The molecule has 0 radical (unpaired) electrons. The first kappa shape index (κ1) is 18.1. The zero-order chi connectivity index (χ0) is 18.7. The lowest BCUT2D eigenvalue weighted by atomic mass is 10.0. The minimum absolute atomic E-state index is 0.102. The minimum atomic E-state index is -0.804. The molecule has 3 rings (SSSR count). The van der Waals surface area contributed by atoms with Crippen molar-refractivity contribution in [2.24, 2.45) is 0 Å². The summed E-state index contributed by atoms with van der Waals surface area (Å²) in [6.45, 7) is 5.20. The average molecular weight is 356 g/mol. The number of benzene rings is 1. The van der Waals surface area contributed by atoms with Gasteiger partial charge >= 0.3 is 0 Å². The van der Waals surface area contributed by atoms with Gasteiger partial charge in [-0.2, -0.15) is 5.10 Å². The Labute approximate surface area is 152 Å². The van der Waals surface area contributed by atoms with E-state index in [1.807, 2.05) is 32.0 Å². The zero-order valence-corrected chi connectivity index (χ0v) is 15.1. The molecular formula is C19H24N4O3. The third kappa shape index (κ3) is 3.62. The Morgan fingerprint density at radius 2 is 2.04 bits per heavy atom. The van der Waals surface area contributed by atoms with Gasteiger partial charge in [-0.25, -0.2) is 0 Å². The van der Waals surface area contributed by atoms with Crippen LogP contribution in [0.5, 0.6) is 0 Å². The van der Waals surface area contributed by atoms with Crippen LogP contribution in [0.2, 0.25) is 0 Å². The van der Waals surface area contributed by atoms with E-state index in [1.54, 1.807) is 27.9 Å². The summed E-state index contributed by atoms with van der Waals surface area (Å²) in [5, 5.41) is 17.5. The molecule has 1 fully saturated rings. The summed E-state index contributed by atoms with van der Waals surface area (Å²) < 4.78 is 1.76. The maximum absolute atomic E-state index is 12.5. The van der Waals surface area contributed by atoms with E-state index in [0.717, 1.165) is 5.69 Å². The van der Waals surface area contributed by atoms with Gasteiger partial charge in [0, 0.05) is 30.9 Å². The molecule has 2 heterocycles. The fourth-order valence-corrected chi connectivity index (χ4v) is 3.28. The SMILES string of the molecule is CCn1ncc(C(=O)N[C@@H]2CCN(C(=O)c3ccccc3)C[C@H]2O)c1C. The van der Waals surface area contributed by atoms with Gasteiger partial charge in [-0.1, -0.05) is 18.2 Å². The Hall–Kier alpha value is -2.67. The molecule has 138 valence electrons. The molecule has 1 aliphatic rings. The number of hydrogen-bond acceptors (Lipinski definition) is 4. The number of aliphatic hydroxyl groups excluding tert-OH is 1. The van der Waals surface area contributed by atoms with Gasteiger partial charge in [0.25, 0.3) is 11.8 Å². The van der Waals surface area contributed by atoms with Gasteiger partial charge in [-0.15, -0.1) is 0 Å². The number of likely N-dealkylation sites (tertiary alicyclic amines) is 1. The number of rotatable bonds is 4. The molecule has 26 heavy (non-hydrogen) atoms. The molecule has 0 saturated carbocycles. The third-order valence-electron chi connectivity index (χ3n) is 4.85. The number of amides is 2. The van der Waals surface area contributed by atoms with Gasteiger partial charge in [0.1, 0.15) is 0 Å². The van der Waals surface area contributed by atoms with Crippen LogP contribution in [0.25, 0.3) is 0 Å². The molecule has 1 saturated heterocycles. The van der Waals surface area contributed by atoms with E-state index < -0.39 is 6.10 Å². The van der Waals surface area contributed by atoms with Crippen molar-refractivity contribution in [1.29, 1.82) is 0 Å². The van der Waals surface area contributed by atoms with Crippen LogP contribution in [0.15, 0.2) is 36.5 Å². The first-order chi connectivity index (χ1) is 12.5. The Balaban J connectivity index is 1.61. The van der Waals surface area contributed by atoms with Crippen LogP contribution in [0, 0.1) is 6.92 Å². The average Bonchev–Trinajstić information content (AvgIpc) is 3.04. The van der Waals surface area contributed by atoms with Crippen molar-refractivity contribution in [2.75, 3.05) is 13.1 Å². The van der Waals surface area contributed by atoms with Gasteiger partial charge in [0.05, 0.1) is 23.9 Å². The second kappa shape index (κ2) is 7.70. The summed E-state index contributed by atoms with van der Waals surface area (Å²) >= 11 is 0. The van der Waals surface area contributed by atoms with Crippen LogP contribution < -0.4 is 5.32 Å². The number of nitrogens with one attached hydrogen (secondary N) is 1. The van der Waals surface area contributed by atoms with Crippen LogP contribution in [-0.2, 0) is 6.54 Å². The second-order valence-corrected chi connectivity index (χ2v) is 6.51. The standard InChI is InChI=1S/C19H24N4O3/c1-3-23-13(2)15(11-20-23)18(25)21-16-9-10-22(12-17(16)24)19(26)14-7-5-4-6-8-14/h4-8,11,16-17,24H,3,9-10,12H2,1-2H3,(H,21,25)/t16-,17-/m1/s1. The summed E-state index contributed by atoms with van der Waals surface area (Å²) in [7, 11) is 0. The number of nitrogens with zero attached hydrogens (tertiary/aromatic N) is 3. The molecule has 0 bridgehead atoms. The second-order valence-electron chi connectivity index (χ2n) is 6.51. The molecule has 2 N–H and O–H groups in total. The lowest BCUT2D eigenvalue weighted by Crippen LogP contribution is -2.55. The predicted molar refractivity (Wildman–Crippen MR) is 96.9 cm³/mol. The highest BCUT2D eigenvalue weighted by Gasteiger charge is 2.32. The lowest BCUT2D eigenvalue weighted by Gasteiger charge is -2.36. The normalized spacial score (nSPS) is 20.0. The molecule has 2 aromatic rings. The molecule has 2 atom stereocenters. The van der Waals surface area contributed by atoms with Crippen molar-refractivity contribution in [3.05, 3.63) is 53.3 Å². The van der Waals surface area contributed by atoms with Crippen LogP contribution in [0.1, 0.15) is 39.8 Å². The van der Waals surface area contributed by atoms with E-state index >= 15 is 0 Å². The summed E-state index contributed by atoms with van der Waals surface area (Å²) in [6.07, 6.45) is 1.25. The van der Waals surface area contributed by atoms with Crippen molar-refractivity contribution in [3.8, 4) is 0 Å². The van der Waals surface area contributed by atoms with Crippen molar-refractivity contribution in [2.45, 2.75) is 39.0 Å². The fourth-order valence-electron chi connectivity index (χ4n) is 3.28. The Kier molecular flexibility index (Phi) is 5.37. The number of aromatic nitrogens is 2. The Morgan fingerprint density at radius 1 is 1.31 bits per heavy atom. The highest BCUT2D eigenvalue weighted by atomic mass is 16.3. The topological polar surface area (TPSA) is 87.5 Å². The molecule has 0 spiro atoms. The highest BCUT2D eigenvalue weighted by Crippen LogP contribution is 2.16. The number of aliphatic hydroxyl groups is 1. The van der Waals surface area contributed by atoms with Crippen LogP contribution in [-0.4, -0.2) is 56.8 Å². The van der Waals surface area contributed by atoms with E-state index in [0.29, 0.717) is 30.6 Å². The predicted octanol–water partition coefficient (Wildman–Crippen LogP) is 1.22. The quantitative estimate of drug-likeness (QED) is 0.862. The summed E-state index contributed by atoms with van der Waals surface area (Å²) in [6, 6.07) is 8.63. The largest absolute Gasteiger partial charge is 0.389 e. The molecule has 1 aliphatic heterocycles. The minimum Gasteiger partial charge on any atom is -0.389 e. The van der Waals surface area contributed by atoms with Gasteiger partial charge < -0.3 is 15.3 Å². The van der Waals surface area contributed by atoms with Gasteiger partial charge in [0.2, 0.25) is 0 Å². The van der Waals surface area contributed by atoms with Crippen LogP contribution in [0.4, 0.5) is 0 Å². The number of carbonyl (C=O) groups excluding carboxylic acids is 2. The van der Waals surface area contributed by atoms with E-state index in [1.165, 1.54) is 0 Å². The molecule has 2 amide bonds. The summed E-state index contributed by atoms with van der Waals surface area (Å²) in [4.78, 5) is 26.6. The van der Waals surface area contributed by atoms with E-state index in [4.69, 9.17) is 0 Å². The van der Waals surface area contributed by atoms with E-state index in [-0.39, 0.29) is 24.4 Å². The number of piperidine rings is 1.